The molecule has 0 heterocycles. The van der Waals surface area contributed by atoms with Gasteiger partial charge in [-0.25, -0.2) is 0 Å². The third-order valence-electron chi connectivity index (χ3n) is 8.07. The monoisotopic (exact) mass is 636 g/mol. The van der Waals surface area contributed by atoms with Crippen molar-refractivity contribution in [2.24, 2.45) is 9.98 Å². The van der Waals surface area contributed by atoms with Crippen LogP contribution in [-0.2, 0) is 25.7 Å². The average molecular weight is 638 g/mol. The van der Waals surface area contributed by atoms with Crippen LogP contribution in [0.5, 0.6) is 11.5 Å². The van der Waals surface area contributed by atoms with Gasteiger partial charge in [0.05, 0.1) is 21.4 Å². The summed E-state index contributed by atoms with van der Waals surface area (Å²) in [6.45, 7) is 0. The van der Waals surface area contributed by atoms with Crippen molar-refractivity contribution in [3.8, 4) is 22.6 Å². The summed E-state index contributed by atoms with van der Waals surface area (Å²) in [4.78, 5) is 9.84. The summed E-state index contributed by atoms with van der Waals surface area (Å²) in [7, 11) is 0. The number of hydrogen-bond donors (Lipinski definition) is 2. The summed E-state index contributed by atoms with van der Waals surface area (Å²) in [5.41, 5.74) is 9.81. The SMILES string of the molecule is Oc1c(Cl)cc(Cl)cc1C=Nc1ccc2c(c1-c1c(N=Cc3cc(Cl)cc(Cl)c3O)ccc3c1CCCC3)CCCC2. The van der Waals surface area contributed by atoms with Crippen LogP contribution in [0.25, 0.3) is 11.1 Å². The van der Waals surface area contributed by atoms with E-state index in [-0.39, 0.29) is 21.5 Å². The molecule has 0 bridgehead atoms. The van der Waals surface area contributed by atoms with Gasteiger partial charge in [-0.05, 0) is 110 Å². The molecule has 214 valence electrons. The van der Waals surface area contributed by atoms with Crippen molar-refractivity contribution in [3.63, 3.8) is 0 Å². The summed E-state index contributed by atoms with van der Waals surface area (Å²) in [6, 6.07) is 14.7. The van der Waals surface area contributed by atoms with Gasteiger partial charge in [-0.15, -0.1) is 0 Å². The Morgan fingerprint density at radius 1 is 0.548 bits per heavy atom. The Labute approximate surface area is 265 Å². The summed E-state index contributed by atoms with van der Waals surface area (Å²) < 4.78 is 0. The zero-order valence-electron chi connectivity index (χ0n) is 22.7. The van der Waals surface area contributed by atoms with Gasteiger partial charge >= 0.3 is 0 Å². The van der Waals surface area contributed by atoms with Crippen molar-refractivity contribution in [3.05, 3.63) is 102 Å². The fourth-order valence-corrected chi connectivity index (χ4v) is 7.07. The maximum Gasteiger partial charge on any atom is 0.143 e. The minimum absolute atomic E-state index is 0.0632. The largest absolute Gasteiger partial charge is 0.506 e. The first-order valence-electron chi connectivity index (χ1n) is 14.0. The summed E-state index contributed by atoms with van der Waals surface area (Å²) in [5, 5.41) is 22.3. The minimum atomic E-state index is -0.0632. The maximum absolute atomic E-state index is 10.6. The number of aliphatic imine (C=N–C) groups is 2. The first kappa shape index (κ1) is 29.1. The summed E-state index contributed by atoms with van der Waals surface area (Å²) in [6.07, 6.45) is 11.6. The molecule has 0 spiro atoms. The zero-order valence-corrected chi connectivity index (χ0v) is 25.8. The van der Waals surface area contributed by atoms with Gasteiger partial charge in [-0.1, -0.05) is 58.5 Å². The van der Waals surface area contributed by atoms with Gasteiger partial charge < -0.3 is 10.2 Å². The van der Waals surface area contributed by atoms with Crippen LogP contribution in [0.2, 0.25) is 20.1 Å². The molecule has 0 fully saturated rings. The molecule has 0 unspecified atom stereocenters. The highest BCUT2D eigenvalue weighted by atomic mass is 35.5. The molecule has 6 rings (SSSR count). The average Bonchev–Trinajstić information content (AvgIpc) is 2.98. The Morgan fingerprint density at radius 3 is 1.38 bits per heavy atom. The normalized spacial score (nSPS) is 14.9. The lowest BCUT2D eigenvalue weighted by atomic mass is 9.79. The fraction of sp³-hybridized carbons (Fsp3) is 0.235. The predicted molar refractivity (Wildman–Crippen MR) is 176 cm³/mol. The lowest BCUT2D eigenvalue weighted by molar-refractivity contribution is 0.474. The van der Waals surface area contributed by atoms with E-state index in [2.05, 4.69) is 24.3 Å². The van der Waals surface area contributed by atoms with Crippen molar-refractivity contribution >= 4 is 70.2 Å². The fourth-order valence-electron chi connectivity index (χ4n) is 6.05. The number of benzene rings is 4. The Kier molecular flexibility index (Phi) is 8.51. The topological polar surface area (TPSA) is 65.2 Å². The summed E-state index contributed by atoms with van der Waals surface area (Å²) in [5.74, 6) is -0.126. The highest BCUT2D eigenvalue weighted by Gasteiger charge is 2.25. The van der Waals surface area contributed by atoms with Crippen LogP contribution < -0.4 is 0 Å². The van der Waals surface area contributed by atoms with Crippen molar-refractivity contribution in [1.82, 2.24) is 0 Å². The van der Waals surface area contributed by atoms with Crippen LogP contribution in [0.1, 0.15) is 59.1 Å². The smallest absolute Gasteiger partial charge is 0.143 e. The number of aryl methyl sites for hydroxylation is 2. The molecule has 2 aliphatic rings. The highest BCUT2D eigenvalue weighted by Crippen LogP contribution is 2.47. The van der Waals surface area contributed by atoms with Gasteiger partial charge in [0, 0.05) is 44.7 Å². The number of nitrogens with zero attached hydrogens (tertiary/aromatic N) is 2. The molecule has 0 amide bonds. The Morgan fingerprint density at radius 2 is 0.952 bits per heavy atom. The molecule has 2 N–H and O–H groups in total. The van der Waals surface area contributed by atoms with E-state index in [1.165, 1.54) is 34.4 Å². The molecule has 0 atom stereocenters. The second-order valence-corrected chi connectivity index (χ2v) is 12.5. The molecule has 0 aromatic heterocycles. The number of fused-ring (bicyclic) bond motifs is 2. The number of phenols is 2. The quantitative estimate of drug-likeness (QED) is 0.214. The van der Waals surface area contributed by atoms with Crippen LogP contribution in [0.4, 0.5) is 11.4 Å². The molecule has 42 heavy (non-hydrogen) atoms. The second kappa shape index (κ2) is 12.3. The maximum atomic E-state index is 10.6. The first-order chi connectivity index (χ1) is 20.3. The molecule has 4 nitrogen and oxygen atoms in total. The van der Waals surface area contributed by atoms with Crippen LogP contribution in [0.3, 0.4) is 0 Å². The van der Waals surface area contributed by atoms with Crippen LogP contribution in [0, 0.1) is 0 Å². The number of hydrogen-bond acceptors (Lipinski definition) is 4. The molecule has 0 saturated carbocycles. The van der Waals surface area contributed by atoms with Crippen LogP contribution in [-0.4, -0.2) is 22.6 Å². The predicted octanol–water partition coefficient (Wildman–Crippen LogP) is 10.6. The highest BCUT2D eigenvalue weighted by molar-refractivity contribution is 6.36. The van der Waals surface area contributed by atoms with E-state index in [0.29, 0.717) is 21.2 Å². The first-order valence-corrected chi connectivity index (χ1v) is 15.6. The lowest BCUT2D eigenvalue weighted by Crippen LogP contribution is -2.09. The number of rotatable bonds is 5. The molecule has 0 aliphatic heterocycles. The van der Waals surface area contributed by atoms with Crippen molar-refractivity contribution in [2.75, 3.05) is 0 Å². The minimum Gasteiger partial charge on any atom is -0.506 e. The molecule has 0 saturated heterocycles. The van der Waals surface area contributed by atoms with E-state index in [1.807, 2.05) is 0 Å². The van der Waals surface area contributed by atoms with Gasteiger partial charge in [0.1, 0.15) is 11.5 Å². The van der Waals surface area contributed by atoms with Crippen LogP contribution in [0.15, 0.2) is 58.5 Å². The third kappa shape index (κ3) is 5.78. The van der Waals surface area contributed by atoms with E-state index in [9.17, 15) is 10.2 Å². The number of phenolic OH excluding ortho intramolecular Hbond substituents is 2. The van der Waals surface area contributed by atoms with Crippen LogP contribution >= 0.6 is 46.4 Å². The Bertz CT molecular complexity index is 1630. The molecule has 2 aliphatic carbocycles. The van der Waals surface area contributed by atoms with E-state index in [0.717, 1.165) is 73.9 Å². The summed E-state index contributed by atoms with van der Waals surface area (Å²) >= 11 is 24.9. The van der Waals surface area contributed by atoms with E-state index < -0.39 is 0 Å². The molecular weight excluding hydrogens is 610 g/mol. The number of halogens is 4. The van der Waals surface area contributed by atoms with E-state index >= 15 is 0 Å². The lowest BCUT2D eigenvalue weighted by Gasteiger charge is -2.26. The number of aromatic hydroxyl groups is 2. The Hall–Kier alpha value is -3.02. The molecule has 4 aromatic carbocycles. The van der Waals surface area contributed by atoms with E-state index in [4.69, 9.17) is 56.4 Å². The zero-order chi connectivity index (χ0) is 29.4. The van der Waals surface area contributed by atoms with Gasteiger partial charge in [-0.2, -0.15) is 0 Å². The second-order valence-electron chi connectivity index (χ2n) is 10.8. The molecule has 0 radical (unpaired) electrons. The van der Waals surface area contributed by atoms with Gasteiger partial charge in [0.15, 0.2) is 0 Å². The van der Waals surface area contributed by atoms with Gasteiger partial charge in [0.25, 0.3) is 0 Å². The van der Waals surface area contributed by atoms with Crippen molar-refractivity contribution < 1.29 is 10.2 Å². The van der Waals surface area contributed by atoms with E-state index in [1.54, 1.807) is 24.6 Å². The molecule has 4 aromatic rings. The van der Waals surface area contributed by atoms with Crippen molar-refractivity contribution in [2.45, 2.75) is 51.4 Å². The Balaban J connectivity index is 1.57. The van der Waals surface area contributed by atoms with Gasteiger partial charge in [-0.3, -0.25) is 9.98 Å². The molecular formula is C34H28Cl4N2O2. The third-order valence-corrected chi connectivity index (χ3v) is 9.09. The molecule has 8 heteroatoms. The van der Waals surface area contributed by atoms with Gasteiger partial charge in [0.2, 0.25) is 0 Å². The van der Waals surface area contributed by atoms with Crippen molar-refractivity contribution in [1.29, 1.82) is 0 Å². The standard InChI is InChI=1S/C34H28Cl4N2O2/c35-23-13-21(33(41)27(37)15-23)17-39-29-11-9-19-5-1-3-7-25(19)31(29)32-26-8-4-2-6-20(26)10-12-30(32)40-18-22-14-24(36)16-28(38)34(22)42/h9-18,41-42H,1-8H2.